The molecule has 5 rings (SSSR count). The first kappa shape index (κ1) is 28.4. The van der Waals surface area contributed by atoms with Crippen molar-refractivity contribution < 1.29 is 34.0 Å². The number of nitrogens with zero attached hydrogens (tertiary/aromatic N) is 2. The smallest absolute Gasteiger partial charge is 0.312 e. The molecule has 0 aromatic heterocycles. The first-order chi connectivity index (χ1) is 19.4. The van der Waals surface area contributed by atoms with Gasteiger partial charge in [0, 0.05) is 19.6 Å². The Morgan fingerprint density at radius 3 is 2.42 bits per heavy atom. The fraction of sp³-hybridized carbons (Fsp3) is 0.548. The van der Waals surface area contributed by atoms with Gasteiger partial charge in [0.25, 0.3) is 0 Å². The number of aliphatic hydroxyl groups excluding tert-OH is 2. The van der Waals surface area contributed by atoms with E-state index in [1.807, 2.05) is 36.4 Å². The number of aliphatic hydroxyl groups is 2. The van der Waals surface area contributed by atoms with Gasteiger partial charge >= 0.3 is 5.97 Å². The number of carbonyl (C=O) groups is 2. The summed E-state index contributed by atoms with van der Waals surface area (Å²) in [6.45, 7) is 3.19. The molecule has 3 heterocycles. The molecule has 0 saturated carbocycles. The number of hydrogen-bond acceptors (Lipinski definition) is 8. The van der Waals surface area contributed by atoms with Crippen LogP contribution < -0.4 is 9.47 Å². The van der Waals surface area contributed by atoms with Crippen molar-refractivity contribution >= 4 is 11.9 Å². The van der Waals surface area contributed by atoms with Crippen molar-refractivity contribution in [1.82, 2.24) is 9.80 Å². The summed E-state index contributed by atoms with van der Waals surface area (Å²) in [6.07, 6.45) is 1.68. The first-order valence-corrected chi connectivity index (χ1v) is 14.4. The van der Waals surface area contributed by atoms with Gasteiger partial charge in [-0.05, 0) is 68.5 Å². The van der Waals surface area contributed by atoms with Crippen LogP contribution in [-0.2, 0) is 27.3 Å². The van der Waals surface area contributed by atoms with Crippen molar-refractivity contribution in [3.8, 4) is 11.5 Å². The van der Waals surface area contributed by atoms with E-state index in [0.29, 0.717) is 43.9 Å². The van der Waals surface area contributed by atoms with Gasteiger partial charge in [0.1, 0.15) is 12.7 Å². The van der Waals surface area contributed by atoms with Gasteiger partial charge in [-0.15, -0.1) is 0 Å². The lowest BCUT2D eigenvalue weighted by Gasteiger charge is -2.40. The van der Waals surface area contributed by atoms with Gasteiger partial charge in [-0.3, -0.25) is 14.5 Å². The van der Waals surface area contributed by atoms with Crippen LogP contribution in [0.15, 0.2) is 48.5 Å². The minimum absolute atomic E-state index is 0.0494. The molecule has 0 aliphatic carbocycles. The van der Waals surface area contributed by atoms with Gasteiger partial charge in [0.15, 0.2) is 11.5 Å². The Morgan fingerprint density at radius 1 is 0.850 bits per heavy atom. The van der Waals surface area contributed by atoms with E-state index in [2.05, 4.69) is 17.0 Å². The summed E-state index contributed by atoms with van der Waals surface area (Å²) < 4.78 is 16.4. The van der Waals surface area contributed by atoms with Crippen molar-refractivity contribution in [1.29, 1.82) is 0 Å². The third-order valence-corrected chi connectivity index (χ3v) is 8.50. The minimum atomic E-state index is -1.20. The number of fused-ring (bicyclic) bond motifs is 1. The van der Waals surface area contributed by atoms with Crippen molar-refractivity contribution in [2.75, 3.05) is 39.6 Å². The molecule has 9 heteroatoms. The van der Waals surface area contributed by atoms with Gasteiger partial charge < -0.3 is 29.3 Å². The largest absolute Gasteiger partial charge is 0.462 e. The highest BCUT2D eigenvalue weighted by Crippen LogP contribution is 2.39. The number of amides is 1. The molecule has 216 valence electrons. The quantitative estimate of drug-likeness (QED) is 0.558. The Kier molecular flexibility index (Phi) is 9.24. The van der Waals surface area contributed by atoms with Crippen LogP contribution >= 0.6 is 0 Å². The van der Waals surface area contributed by atoms with Gasteiger partial charge in [-0.25, -0.2) is 0 Å². The van der Waals surface area contributed by atoms with Crippen LogP contribution in [0.4, 0.5) is 0 Å². The molecule has 2 aromatic carbocycles. The minimum Gasteiger partial charge on any atom is -0.462 e. The van der Waals surface area contributed by atoms with Crippen LogP contribution in [0.5, 0.6) is 11.5 Å². The van der Waals surface area contributed by atoms with Gasteiger partial charge in [0.05, 0.1) is 17.9 Å². The molecule has 2 atom stereocenters. The Bertz CT molecular complexity index is 1150. The Morgan fingerprint density at radius 2 is 1.62 bits per heavy atom. The van der Waals surface area contributed by atoms with Crippen molar-refractivity contribution in [3.63, 3.8) is 0 Å². The lowest BCUT2D eigenvalue weighted by molar-refractivity contribution is -0.165. The van der Waals surface area contributed by atoms with E-state index < -0.39 is 17.6 Å². The monoisotopic (exact) mass is 552 g/mol. The average molecular weight is 553 g/mol. The summed E-state index contributed by atoms with van der Waals surface area (Å²) in [5, 5.41) is 21.1. The van der Waals surface area contributed by atoms with E-state index >= 15 is 0 Å². The number of hydrogen-bond donors (Lipinski definition) is 2. The van der Waals surface area contributed by atoms with Crippen LogP contribution in [-0.4, -0.2) is 83.7 Å². The van der Waals surface area contributed by atoms with Gasteiger partial charge in [-0.1, -0.05) is 42.8 Å². The molecule has 3 aliphatic rings. The molecule has 1 spiro atoms. The fourth-order valence-corrected chi connectivity index (χ4v) is 5.91. The number of esters is 1. The lowest BCUT2D eigenvalue weighted by Crippen LogP contribution is -2.45. The zero-order valence-electron chi connectivity index (χ0n) is 23.0. The Balaban J connectivity index is 1.22. The summed E-state index contributed by atoms with van der Waals surface area (Å²) in [6, 6.07) is 15.8. The highest BCUT2D eigenvalue weighted by Gasteiger charge is 2.42. The number of carbonyl (C=O) groups excluding carboxylic acids is 2. The van der Waals surface area contributed by atoms with Crippen molar-refractivity contribution in [2.45, 2.75) is 63.7 Å². The zero-order valence-corrected chi connectivity index (χ0v) is 23.0. The molecular formula is C31H40N2O7. The maximum absolute atomic E-state index is 13.3. The molecular weight excluding hydrogens is 512 g/mol. The zero-order chi connectivity index (χ0) is 28.0. The average Bonchev–Trinajstić information content (AvgIpc) is 3.44. The van der Waals surface area contributed by atoms with Crippen LogP contribution in [0.3, 0.4) is 0 Å². The van der Waals surface area contributed by atoms with E-state index in [-0.39, 0.29) is 38.1 Å². The number of rotatable bonds is 4. The molecule has 2 aromatic rings. The third kappa shape index (κ3) is 6.95. The van der Waals surface area contributed by atoms with Crippen LogP contribution in [0.1, 0.15) is 49.7 Å². The van der Waals surface area contributed by atoms with Crippen molar-refractivity contribution in [2.24, 2.45) is 5.41 Å². The second-order valence-electron chi connectivity index (χ2n) is 11.3. The Hall–Kier alpha value is -3.14. The van der Waals surface area contributed by atoms with E-state index in [9.17, 15) is 19.8 Å². The normalized spacial score (nSPS) is 24.1. The predicted octanol–water partition coefficient (Wildman–Crippen LogP) is 2.91. The fourth-order valence-electron chi connectivity index (χ4n) is 5.91. The van der Waals surface area contributed by atoms with Gasteiger partial charge in [-0.2, -0.15) is 0 Å². The van der Waals surface area contributed by atoms with Crippen molar-refractivity contribution in [3.05, 3.63) is 59.7 Å². The molecule has 0 unspecified atom stereocenters. The number of piperidine rings is 1. The van der Waals surface area contributed by atoms with E-state index in [0.717, 1.165) is 38.0 Å². The highest BCUT2D eigenvalue weighted by molar-refractivity contribution is 5.79. The summed E-state index contributed by atoms with van der Waals surface area (Å²) in [7, 11) is 0. The molecule has 40 heavy (non-hydrogen) atoms. The molecule has 1 amide bonds. The predicted molar refractivity (Wildman–Crippen MR) is 148 cm³/mol. The molecule has 3 aliphatic heterocycles. The van der Waals surface area contributed by atoms with Gasteiger partial charge in [0.2, 0.25) is 12.7 Å². The molecule has 0 radical (unpaired) electrons. The number of cyclic esters (lactones) is 1. The maximum Gasteiger partial charge on any atom is 0.312 e. The number of ether oxygens (including phenoxy) is 3. The molecule has 2 N–H and O–H groups in total. The molecule has 9 nitrogen and oxygen atoms in total. The Labute approximate surface area is 235 Å². The lowest BCUT2D eigenvalue weighted by atomic mass is 9.74. The topological polar surface area (TPSA) is 109 Å². The summed E-state index contributed by atoms with van der Waals surface area (Å²) >= 11 is 0. The summed E-state index contributed by atoms with van der Waals surface area (Å²) in [5.74, 6) is 0.977. The first-order valence-electron chi connectivity index (χ1n) is 14.4. The SMILES string of the molecule is O=C(Cc1ccc2c(c1)OCO2)N1CCCCC2(CCN(Cc3ccccc3)CC2)C(=O)OC[C@@H](O)[C@@H](O)CC1. The standard InChI is InChI=1S/C31H40N2O7/c34-25-10-15-33(29(36)19-24-8-9-27-28(18-24)40-22-39-27)14-5-4-11-31(30(37)38-21-26(25)35)12-16-32(17-13-31)20-23-6-2-1-3-7-23/h1-3,6-9,18,25-26,34-35H,4-5,10-17,19-22H2/t25-,26+/m0/s1. The van der Waals surface area contributed by atoms with E-state index in [1.54, 1.807) is 4.90 Å². The second-order valence-corrected chi connectivity index (χ2v) is 11.3. The van der Waals surface area contributed by atoms with Crippen LogP contribution in [0, 0.1) is 5.41 Å². The molecule has 0 bridgehead atoms. The molecule has 2 saturated heterocycles. The second kappa shape index (κ2) is 13.0. The summed E-state index contributed by atoms with van der Waals surface area (Å²) in [4.78, 5) is 30.8. The number of benzene rings is 2. The maximum atomic E-state index is 13.3. The van der Waals surface area contributed by atoms with Crippen LogP contribution in [0.2, 0.25) is 0 Å². The van der Waals surface area contributed by atoms with E-state index in [4.69, 9.17) is 14.2 Å². The van der Waals surface area contributed by atoms with E-state index in [1.165, 1.54) is 5.56 Å². The number of likely N-dealkylation sites (tertiary alicyclic amines) is 1. The third-order valence-electron chi connectivity index (χ3n) is 8.50. The highest BCUT2D eigenvalue weighted by atomic mass is 16.7. The molecule has 2 fully saturated rings. The van der Waals surface area contributed by atoms with Crippen LogP contribution in [0.25, 0.3) is 0 Å². The summed E-state index contributed by atoms with van der Waals surface area (Å²) in [5.41, 5.74) is 1.46.